The third-order valence-electron chi connectivity index (χ3n) is 5.09. The van der Waals surface area contributed by atoms with Crippen LogP contribution in [0.5, 0.6) is 0 Å². The van der Waals surface area contributed by atoms with Gasteiger partial charge in [-0.2, -0.15) is 4.31 Å². The van der Waals surface area contributed by atoms with E-state index in [1.54, 1.807) is 0 Å². The molecule has 1 saturated carbocycles. The van der Waals surface area contributed by atoms with Crippen LogP contribution < -0.4 is 0 Å². The lowest BCUT2D eigenvalue weighted by atomic mass is 9.99. The standard InChI is InChI=1S/C16H30N2O3S/c1-14-9-11-17(12-10-14)16(19)13-18(22(2,20)21)15-7-5-3-4-6-8-15/h14-15H,3-13H2,1-2H3. The van der Waals surface area contributed by atoms with E-state index in [0.717, 1.165) is 51.6 Å². The normalized spacial score (nSPS) is 22.8. The highest BCUT2D eigenvalue weighted by molar-refractivity contribution is 7.88. The van der Waals surface area contributed by atoms with Gasteiger partial charge < -0.3 is 4.90 Å². The molecular formula is C16H30N2O3S. The maximum absolute atomic E-state index is 12.5. The lowest BCUT2D eigenvalue weighted by Gasteiger charge is -2.34. The predicted molar refractivity (Wildman–Crippen MR) is 88.0 cm³/mol. The van der Waals surface area contributed by atoms with Crippen molar-refractivity contribution in [2.75, 3.05) is 25.9 Å². The van der Waals surface area contributed by atoms with E-state index in [2.05, 4.69) is 6.92 Å². The van der Waals surface area contributed by atoms with Gasteiger partial charge in [-0.15, -0.1) is 0 Å². The van der Waals surface area contributed by atoms with E-state index in [-0.39, 0.29) is 18.5 Å². The molecule has 0 aromatic carbocycles. The van der Waals surface area contributed by atoms with Crippen LogP contribution in [0.1, 0.15) is 58.3 Å². The van der Waals surface area contributed by atoms with Gasteiger partial charge in [-0.05, 0) is 31.6 Å². The van der Waals surface area contributed by atoms with E-state index >= 15 is 0 Å². The van der Waals surface area contributed by atoms with Crippen LogP contribution in [0.2, 0.25) is 0 Å². The van der Waals surface area contributed by atoms with Gasteiger partial charge in [0.1, 0.15) is 0 Å². The monoisotopic (exact) mass is 330 g/mol. The summed E-state index contributed by atoms with van der Waals surface area (Å²) in [5.41, 5.74) is 0. The largest absolute Gasteiger partial charge is 0.342 e. The van der Waals surface area contributed by atoms with Gasteiger partial charge in [0.2, 0.25) is 15.9 Å². The molecule has 0 aromatic heterocycles. The summed E-state index contributed by atoms with van der Waals surface area (Å²) >= 11 is 0. The molecule has 1 saturated heterocycles. The van der Waals surface area contributed by atoms with E-state index < -0.39 is 10.0 Å². The number of amides is 1. The number of sulfonamides is 1. The van der Waals surface area contributed by atoms with Gasteiger partial charge in [0.15, 0.2) is 0 Å². The number of piperidine rings is 1. The van der Waals surface area contributed by atoms with Crippen molar-refractivity contribution in [2.45, 2.75) is 64.3 Å². The van der Waals surface area contributed by atoms with Crippen LogP contribution in [-0.2, 0) is 14.8 Å². The molecule has 5 nitrogen and oxygen atoms in total. The molecule has 0 spiro atoms. The number of carbonyl (C=O) groups excluding carboxylic acids is 1. The third-order valence-corrected chi connectivity index (χ3v) is 6.36. The smallest absolute Gasteiger partial charge is 0.237 e. The van der Waals surface area contributed by atoms with Gasteiger partial charge >= 0.3 is 0 Å². The first-order valence-corrected chi connectivity index (χ1v) is 10.5. The average molecular weight is 330 g/mol. The van der Waals surface area contributed by atoms with Crippen LogP contribution >= 0.6 is 0 Å². The molecule has 0 radical (unpaired) electrons. The molecule has 2 rings (SSSR count). The average Bonchev–Trinajstić information content (AvgIpc) is 2.73. The zero-order valence-corrected chi connectivity index (χ0v) is 14.8. The molecule has 0 unspecified atom stereocenters. The predicted octanol–water partition coefficient (Wildman–Crippen LogP) is 2.23. The fourth-order valence-corrected chi connectivity index (χ4v) is 4.65. The second kappa shape index (κ2) is 7.77. The Balaban J connectivity index is 2.01. The molecule has 0 bridgehead atoms. The molecule has 1 aliphatic carbocycles. The van der Waals surface area contributed by atoms with Crippen molar-refractivity contribution in [3.63, 3.8) is 0 Å². The van der Waals surface area contributed by atoms with Crippen molar-refractivity contribution in [1.82, 2.24) is 9.21 Å². The van der Waals surface area contributed by atoms with Crippen LogP contribution in [0.3, 0.4) is 0 Å². The Kier molecular flexibility index (Phi) is 6.26. The van der Waals surface area contributed by atoms with E-state index in [1.165, 1.54) is 23.4 Å². The Hall–Kier alpha value is -0.620. The van der Waals surface area contributed by atoms with Crippen molar-refractivity contribution in [2.24, 2.45) is 5.92 Å². The topological polar surface area (TPSA) is 57.7 Å². The van der Waals surface area contributed by atoms with Crippen molar-refractivity contribution < 1.29 is 13.2 Å². The van der Waals surface area contributed by atoms with Gasteiger partial charge in [-0.1, -0.05) is 32.6 Å². The summed E-state index contributed by atoms with van der Waals surface area (Å²) in [5, 5.41) is 0. The van der Waals surface area contributed by atoms with Crippen molar-refractivity contribution in [1.29, 1.82) is 0 Å². The number of rotatable bonds is 4. The Bertz CT molecular complexity index is 462. The molecule has 1 aliphatic heterocycles. The summed E-state index contributed by atoms with van der Waals surface area (Å²) in [4.78, 5) is 14.4. The van der Waals surface area contributed by atoms with Crippen LogP contribution in [0.4, 0.5) is 0 Å². The van der Waals surface area contributed by atoms with Crippen molar-refractivity contribution in [3.05, 3.63) is 0 Å². The molecule has 0 aromatic rings. The van der Waals surface area contributed by atoms with Gasteiger partial charge in [0.05, 0.1) is 12.8 Å². The number of hydrogen-bond donors (Lipinski definition) is 0. The molecule has 1 amide bonds. The molecule has 6 heteroatoms. The van der Waals surface area contributed by atoms with E-state index in [0.29, 0.717) is 5.92 Å². The number of carbonyl (C=O) groups is 1. The molecule has 2 fully saturated rings. The summed E-state index contributed by atoms with van der Waals surface area (Å²) in [5.74, 6) is 0.637. The van der Waals surface area contributed by atoms with E-state index in [4.69, 9.17) is 0 Å². The molecule has 0 N–H and O–H groups in total. The highest BCUT2D eigenvalue weighted by Crippen LogP contribution is 2.24. The van der Waals surface area contributed by atoms with Crippen LogP contribution in [-0.4, -0.2) is 55.5 Å². The van der Waals surface area contributed by atoms with Crippen LogP contribution in [0.15, 0.2) is 0 Å². The summed E-state index contributed by atoms with van der Waals surface area (Å²) in [6.45, 7) is 3.76. The first-order valence-electron chi connectivity index (χ1n) is 8.62. The zero-order valence-electron chi connectivity index (χ0n) is 14.0. The fraction of sp³-hybridized carbons (Fsp3) is 0.938. The first kappa shape index (κ1) is 17.7. The SMILES string of the molecule is CC1CCN(C(=O)CN(C2CCCCCC2)S(C)(=O)=O)CC1. The van der Waals surface area contributed by atoms with E-state index in [1.807, 2.05) is 4.90 Å². The number of hydrogen-bond acceptors (Lipinski definition) is 3. The summed E-state index contributed by atoms with van der Waals surface area (Å²) in [6, 6.07) is 0.00478. The molecule has 1 heterocycles. The number of likely N-dealkylation sites (tertiary alicyclic amines) is 1. The van der Waals surface area contributed by atoms with Crippen LogP contribution in [0.25, 0.3) is 0 Å². The Morgan fingerprint density at radius 3 is 2.09 bits per heavy atom. The van der Waals surface area contributed by atoms with Gasteiger partial charge in [-0.25, -0.2) is 8.42 Å². The minimum absolute atomic E-state index is 0.00478. The van der Waals surface area contributed by atoms with Crippen molar-refractivity contribution >= 4 is 15.9 Å². The Morgan fingerprint density at radius 2 is 1.59 bits per heavy atom. The molecule has 2 aliphatic rings. The summed E-state index contributed by atoms with van der Waals surface area (Å²) in [6.07, 6.45) is 9.52. The number of nitrogens with zero attached hydrogens (tertiary/aromatic N) is 2. The van der Waals surface area contributed by atoms with E-state index in [9.17, 15) is 13.2 Å². The Labute approximate surface area is 135 Å². The van der Waals surface area contributed by atoms with Crippen LogP contribution in [0, 0.1) is 5.92 Å². The minimum Gasteiger partial charge on any atom is -0.342 e. The van der Waals surface area contributed by atoms with Crippen molar-refractivity contribution in [3.8, 4) is 0 Å². The molecule has 128 valence electrons. The van der Waals surface area contributed by atoms with Gasteiger partial charge in [0.25, 0.3) is 0 Å². The maximum Gasteiger partial charge on any atom is 0.237 e. The summed E-state index contributed by atoms with van der Waals surface area (Å²) in [7, 11) is -3.34. The second-order valence-electron chi connectivity index (χ2n) is 7.02. The Morgan fingerprint density at radius 1 is 1.05 bits per heavy atom. The molecular weight excluding hydrogens is 300 g/mol. The quantitative estimate of drug-likeness (QED) is 0.743. The highest BCUT2D eigenvalue weighted by atomic mass is 32.2. The first-order chi connectivity index (χ1) is 10.4. The summed E-state index contributed by atoms with van der Waals surface area (Å²) < 4.78 is 25.8. The lowest BCUT2D eigenvalue weighted by molar-refractivity contribution is -0.133. The van der Waals surface area contributed by atoms with Gasteiger partial charge in [-0.3, -0.25) is 4.79 Å². The zero-order chi connectivity index (χ0) is 16.2. The third kappa shape index (κ3) is 4.95. The second-order valence-corrected chi connectivity index (χ2v) is 8.95. The lowest BCUT2D eigenvalue weighted by Crippen LogP contribution is -2.48. The minimum atomic E-state index is -3.34. The van der Waals surface area contributed by atoms with Gasteiger partial charge in [0, 0.05) is 19.1 Å². The molecule has 0 atom stereocenters. The fourth-order valence-electron chi connectivity index (χ4n) is 3.55. The maximum atomic E-state index is 12.5. The highest BCUT2D eigenvalue weighted by Gasteiger charge is 2.31. The molecule has 22 heavy (non-hydrogen) atoms.